The molecule has 0 saturated carbocycles. The van der Waals surface area contributed by atoms with E-state index in [9.17, 15) is 9.59 Å². The van der Waals surface area contributed by atoms with E-state index in [4.69, 9.17) is 27.2 Å². The van der Waals surface area contributed by atoms with Gasteiger partial charge in [-0.2, -0.15) is 5.10 Å². The van der Waals surface area contributed by atoms with Crippen molar-refractivity contribution < 1.29 is 19.4 Å². The van der Waals surface area contributed by atoms with Gasteiger partial charge in [-0.25, -0.2) is 4.68 Å². The number of amides is 1. The number of rotatable bonds is 9. The van der Waals surface area contributed by atoms with Crippen molar-refractivity contribution in [2.24, 2.45) is 5.92 Å². The van der Waals surface area contributed by atoms with Crippen molar-refractivity contribution in [2.75, 3.05) is 13.2 Å². The fourth-order valence-electron chi connectivity index (χ4n) is 3.44. The van der Waals surface area contributed by atoms with E-state index in [2.05, 4.69) is 13.8 Å². The summed E-state index contributed by atoms with van der Waals surface area (Å²) in [6.45, 7) is 4.88. The van der Waals surface area contributed by atoms with Crippen LogP contribution in [0.4, 0.5) is 0 Å². The number of carbonyl (C=O) groups is 2. The number of ether oxygens (including phenoxy) is 1. The van der Waals surface area contributed by atoms with Gasteiger partial charge in [-0.15, -0.1) is 0 Å². The number of carboxylic acids is 1. The van der Waals surface area contributed by atoms with Crippen molar-refractivity contribution in [2.45, 2.75) is 20.3 Å². The van der Waals surface area contributed by atoms with Crippen LogP contribution in [0.25, 0.3) is 23.0 Å². The van der Waals surface area contributed by atoms with Gasteiger partial charge >= 0.3 is 5.97 Å². The molecule has 0 spiro atoms. The van der Waals surface area contributed by atoms with Gasteiger partial charge in [-0.1, -0.05) is 56.0 Å². The van der Waals surface area contributed by atoms with Crippen molar-refractivity contribution in [3.8, 4) is 22.7 Å². The quantitative estimate of drug-likeness (QED) is 0.313. The van der Waals surface area contributed by atoms with Crippen LogP contribution in [0.2, 0.25) is 0 Å². The number of para-hydroxylation sites is 1. The summed E-state index contributed by atoms with van der Waals surface area (Å²) in [5.74, 6) is -0.0600. The second kappa shape index (κ2) is 10.9. The van der Waals surface area contributed by atoms with E-state index in [-0.39, 0.29) is 18.9 Å². The Labute approximate surface area is 213 Å². The van der Waals surface area contributed by atoms with Gasteiger partial charge in [0.25, 0.3) is 5.91 Å². The van der Waals surface area contributed by atoms with E-state index in [1.165, 1.54) is 16.7 Å². The van der Waals surface area contributed by atoms with Crippen LogP contribution in [0.5, 0.6) is 5.75 Å². The SMILES string of the molecule is CC(C)COc1ccc(-c2nn(-c3ccccc3)cc2C=C2SC(=S)N(CCC(=O)O)C2=O)cc1. The zero-order valence-electron chi connectivity index (χ0n) is 19.4. The number of aromatic nitrogens is 2. The predicted molar refractivity (Wildman–Crippen MR) is 141 cm³/mol. The average molecular weight is 508 g/mol. The minimum Gasteiger partial charge on any atom is -0.493 e. The molecule has 1 aromatic heterocycles. The Kier molecular flexibility index (Phi) is 7.67. The molecule has 1 fully saturated rings. The molecule has 9 heteroatoms. The molecule has 1 saturated heterocycles. The second-order valence-electron chi connectivity index (χ2n) is 8.42. The first-order chi connectivity index (χ1) is 16.8. The third-order valence-electron chi connectivity index (χ3n) is 5.18. The minimum absolute atomic E-state index is 0.0469. The van der Waals surface area contributed by atoms with Gasteiger partial charge in [0.05, 0.1) is 29.3 Å². The number of hydrogen-bond donors (Lipinski definition) is 1. The van der Waals surface area contributed by atoms with Gasteiger partial charge in [0.1, 0.15) is 10.1 Å². The van der Waals surface area contributed by atoms with Crippen LogP contribution in [0.1, 0.15) is 25.8 Å². The van der Waals surface area contributed by atoms with Crippen molar-refractivity contribution in [3.63, 3.8) is 0 Å². The number of benzene rings is 2. The van der Waals surface area contributed by atoms with Crippen molar-refractivity contribution in [1.82, 2.24) is 14.7 Å². The first kappa shape index (κ1) is 24.7. The molecule has 0 aliphatic carbocycles. The zero-order valence-corrected chi connectivity index (χ0v) is 21.0. The first-order valence-electron chi connectivity index (χ1n) is 11.2. The van der Waals surface area contributed by atoms with Gasteiger partial charge in [0.2, 0.25) is 0 Å². The number of thioether (sulfide) groups is 1. The molecule has 2 aromatic carbocycles. The predicted octanol–water partition coefficient (Wildman–Crippen LogP) is 5.25. The molecule has 1 aliphatic rings. The van der Waals surface area contributed by atoms with Gasteiger partial charge in [0, 0.05) is 23.9 Å². The highest BCUT2D eigenvalue weighted by molar-refractivity contribution is 8.26. The number of thiocarbonyl (C=S) groups is 1. The van der Waals surface area contributed by atoms with E-state index in [1.54, 1.807) is 10.8 Å². The molecule has 1 amide bonds. The van der Waals surface area contributed by atoms with Crippen LogP contribution in [0, 0.1) is 5.92 Å². The molecule has 7 nitrogen and oxygen atoms in total. The highest BCUT2D eigenvalue weighted by Gasteiger charge is 2.32. The lowest BCUT2D eigenvalue weighted by molar-refractivity contribution is -0.137. The highest BCUT2D eigenvalue weighted by Crippen LogP contribution is 2.35. The van der Waals surface area contributed by atoms with Crippen molar-refractivity contribution in [3.05, 3.63) is 71.3 Å². The molecule has 1 N–H and O–H groups in total. The van der Waals surface area contributed by atoms with E-state index < -0.39 is 5.97 Å². The van der Waals surface area contributed by atoms with Gasteiger partial charge < -0.3 is 9.84 Å². The van der Waals surface area contributed by atoms with E-state index in [1.807, 2.05) is 60.8 Å². The van der Waals surface area contributed by atoms with Crippen molar-refractivity contribution >= 4 is 46.3 Å². The fraction of sp³-hybridized carbons (Fsp3) is 0.231. The molecule has 2 heterocycles. The lowest BCUT2D eigenvalue weighted by Gasteiger charge is -2.12. The number of aliphatic carboxylic acids is 1. The summed E-state index contributed by atoms with van der Waals surface area (Å²) < 4.78 is 7.93. The summed E-state index contributed by atoms with van der Waals surface area (Å²) in [5.41, 5.74) is 3.23. The second-order valence-corrected chi connectivity index (χ2v) is 10.1. The fourth-order valence-corrected chi connectivity index (χ4v) is 4.74. The number of carboxylic acid groups (broad SMARTS) is 1. The largest absolute Gasteiger partial charge is 0.493 e. The van der Waals surface area contributed by atoms with E-state index in [0.29, 0.717) is 27.4 Å². The summed E-state index contributed by atoms with van der Waals surface area (Å²) in [6, 6.07) is 17.4. The molecule has 0 unspecified atom stereocenters. The lowest BCUT2D eigenvalue weighted by Crippen LogP contribution is -2.30. The molecular formula is C26H25N3O4S2. The van der Waals surface area contributed by atoms with E-state index in [0.717, 1.165) is 22.6 Å². The Morgan fingerprint density at radius 1 is 1.17 bits per heavy atom. The summed E-state index contributed by atoms with van der Waals surface area (Å²) in [4.78, 5) is 25.7. The minimum atomic E-state index is -0.977. The molecule has 0 atom stereocenters. The maximum absolute atomic E-state index is 12.9. The summed E-state index contributed by atoms with van der Waals surface area (Å²) in [6.07, 6.45) is 3.48. The maximum Gasteiger partial charge on any atom is 0.305 e. The Morgan fingerprint density at radius 2 is 1.89 bits per heavy atom. The number of nitrogens with zero attached hydrogens (tertiary/aromatic N) is 3. The van der Waals surface area contributed by atoms with Crippen LogP contribution in [0.15, 0.2) is 65.7 Å². The standard InChI is InChI=1S/C26H25N3O4S2/c1-17(2)16-33-21-10-8-18(9-11-21)24-19(15-29(27-24)20-6-4-3-5-7-20)14-22-25(32)28(26(34)35-22)13-12-23(30)31/h3-11,14-15,17H,12-13,16H2,1-2H3,(H,30,31). The smallest absolute Gasteiger partial charge is 0.305 e. The van der Waals surface area contributed by atoms with Gasteiger partial charge in [0.15, 0.2) is 0 Å². The molecule has 3 aromatic rings. The number of carbonyl (C=O) groups excluding carboxylic acids is 1. The molecular weight excluding hydrogens is 482 g/mol. The van der Waals surface area contributed by atoms with Crippen LogP contribution < -0.4 is 4.74 Å². The molecule has 180 valence electrons. The first-order valence-corrected chi connectivity index (χ1v) is 12.4. The maximum atomic E-state index is 12.9. The molecule has 4 rings (SSSR count). The third-order valence-corrected chi connectivity index (χ3v) is 6.56. The molecule has 1 aliphatic heterocycles. The lowest BCUT2D eigenvalue weighted by atomic mass is 10.1. The zero-order chi connectivity index (χ0) is 24.9. The van der Waals surface area contributed by atoms with Crippen molar-refractivity contribution in [1.29, 1.82) is 0 Å². The Balaban J connectivity index is 1.68. The van der Waals surface area contributed by atoms with E-state index >= 15 is 0 Å². The normalized spacial score (nSPS) is 14.8. The third kappa shape index (κ3) is 5.98. The van der Waals surface area contributed by atoms with Crippen LogP contribution in [-0.4, -0.2) is 49.1 Å². The van der Waals surface area contributed by atoms with Crippen LogP contribution in [-0.2, 0) is 9.59 Å². The van der Waals surface area contributed by atoms with Crippen LogP contribution >= 0.6 is 24.0 Å². The van der Waals surface area contributed by atoms with Crippen LogP contribution in [0.3, 0.4) is 0 Å². The Morgan fingerprint density at radius 3 is 2.54 bits per heavy atom. The average Bonchev–Trinajstić information content (AvgIpc) is 3.38. The molecule has 35 heavy (non-hydrogen) atoms. The summed E-state index contributed by atoms with van der Waals surface area (Å²) >= 11 is 6.50. The Bertz CT molecular complexity index is 1270. The molecule has 0 radical (unpaired) electrons. The topological polar surface area (TPSA) is 84.7 Å². The molecule has 0 bridgehead atoms. The number of hydrogen-bond acceptors (Lipinski definition) is 6. The van der Waals surface area contributed by atoms with Gasteiger partial charge in [-0.05, 0) is 48.4 Å². The highest BCUT2D eigenvalue weighted by atomic mass is 32.2. The van der Waals surface area contributed by atoms with Gasteiger partial charge in [-0.3, -0.25) is 14.5 Å². The Hall–Kier alpha value is -3.43. The summed E-state index contributed by atoms with van der Waals surface area (Å²) in [7, 11) is 0. The summed E-state index contributed by atoms with van der Waals surface area (Å²) in [5, 5.41) is 13.8. The monoisotopic (exact) mass is 507 g/mol.